The van der Waals surface area contributed by atoms with Crippen molar-refractivity contribution in [2.24, 2.45) is 0 Å². The van der Waals surface area contributed by atoms with Gasteiger partial charge in [-0.1, -0.05) is 0 Å². The summed E-state index contributed by atoms with van der Waals surface area (Å²) in [7, 11) is 1.87. The standard InChI is InChI=1S/C6H15NO2/c1-6(8)5-9-4-3-7-2/h6-8H,3-5H2,1-2H3/t6-/m1/s1. The third-order valence-electron chi connectivity index (χ3n) is 0.855. The van der Waals surface area contributed by atoms with Crippen molar-refractivity contribution in [2.45, 2.75) is 13.0 Å². The van der Waals surface area contributed by atoms with Crippen molar-refractivity contribution in [3.8, 4) is 0 Å². The zero-order valence-corrected chi connectivity index (χ0v) is 6.05. The monoisotopic (exact) mass is 133 g/mol. The summed E-state index contributed by atoms with van der Waals surface area (Å²) in [6.45, 7) is 3.65. The summed E-state index contributed by atoms with van der Waals surface area (Å²) in [6.07, 6.45) is -0.346. The van der Waals surface area contributed by atoms with Gasteiger partial charge in [0.2, 0.25) is 0 Å². The number of likely N-dealkylation sites (N-methyl/N-ethyl adjacent to an activating group) is 1. The van der Waals surface area contributed by atoms with Crippen LogP contribution in [-0.2, 0) is 4.74 Å². The Morgan fingerprint density at radius 2 is 2.33 bits per heavy atom. The van der Waals surface area contributed by atoms with Gasteiger partial charge in [-0.05, 0) is 14.0 Å². The van der Waals surface area contributed by atoms with Crippen LogP contribution in [0.4, 0.5) is 0 Å². The van der Waals surface area contributed by atoms with Crippen molar-refractivity contribution in [3.05, 3.63) is 0 Å². The highest BCUT2D eigenvalue weighted by Crippen LogP contribution is 1.80. The lowest BCUT2D eigenvalue weighted by Crippen LogP contribution is -2.18. The summed E-state index contributed by atoms with van der Waals surface area (Å²) in [5, 5.41) is 11.6. The molecule has 56 valence electrons. The number of nitrogens with one attached hydrogen (secondary N) is 1. The van der Waals surface area contributed by atoms with E-state index in [4.69, 9.17) is 9.84 Å². The van der Waals surface area contributed by atoms with E-state index in [1.165, 1.54) is 0 Å². The van der Waals surface area contributed by atoms with Crippen LogP contribution in [0.25, 0.3) is 0 Å². The SMILES string of the molecule is CNCCOC[C@@H](C)O. The third kappa shape index (κ3) is 7.88. The van der Waals surface area contributed by atoms with Crippen LogP contribution in [0.5, 0.6) is 0 Å². The lowest BCUT2D eigenvalue weighted by Gasteiger charge is -2.04. The van der Waals surface area contributed by atoms with Crippen LogP contribution >= 0.6 is 0 Å². The highest BCUT2D eigenvalue weighted by molar-refractivity contribution is 4.42. The van der Waals surface area contributed by atoms with Crippen molar-refractivity contribution >= 4 is 0 Å². The molecule has 0 aliphatic carbocycles. The molecule has 0 radical (unpaired) electrons. The average molecular weight is 133 g/mol. The summed E-state index contributed by atoms with van der Waals surface area (Å²) in [6, 6.07) is 0. The normalized spacial score (nSPS) is 13.7. The number of rotatable bonds is 5. The summed E-state index contributed by atoms with van der Waals surface area (Å²) >= 11 is 0. The molecule has 3 heteroatoms. The molecule has 0 heterocycles. The molecular formula is C6H15NO2. The Hall–Kier alpha value is -0.120. The first kappa shape index (κ1) is 8.88. The Kier molecular flexibility index (Phi) is 5.93. The molecular weight excluding hydrogens is 118 g/mol. The van der Waals surface area contributed by atoms with Crippen LogP contribution in [-0.4, -0.2) is 38.0 Å². The van der Waals surface area contributed by atoms with Crippen LogP contribution in [0.3, 0.4) is 0 Å². The largest absolute Gasteiger partial charge is 0.391 e. The predicted octanol–water partition coefficient (Wildman–Crippen LogP) is -0.397. The second-order valence-corrected chi connectivity index (χ2v) is 2.03. The first-order chi connectivity index (χ1) is 4.27. The van der Waals surface area contributed by atoms with E-state index in [0.29, 0.717) is 13.2 Å². The molecule has 2 N–H and O–H groups in total. The lowest BCUT2D eigenvalue weighted by molar-refractivity contribution is 0.0482. The van der Waals surface area contributed by atoms with Gasteiger partial charge in [0.25, 0.3) is 0 Å². The first-order valence-electron chi connectivity index (χ1n) is 3.17. The van der Waals surface area contributed by atoms with Gasteiger partial charge in [0.05, 0.1) is 19.3 Å². The van der Waals surface area contributed by atoms with Gasteiger partial charge in [-0.15, -0.1) is 0 Å². The van der Waals surface area contributed by atoms with E-state index in [1.54, 1.807) is 6.92 Å². The van der Waals surface area contributed by atoms with Crippen molar-refractivity contribution in [3.63, 3.8) is 0 Å². The average Bonchev–Trinajstić information content (AvgIpc) is 1.80. The fourth-order valence-corrected chi connectivity index (χ4v) is 0.428. The maximum absolute atomic E-state index is 8.71. The maximum atomic E-state index is 8.71. The molecule has 9 heavy (non-hydrogen) atoms. The Morgan fingerprint density at radius 3 is 2.78 bits per heavy atom. The summed E-state index contributed by atoms with van der Waals surface area (Å²) < 4.78 is 5.02. The molecule has 0 aromatic carbocycles. The first-order valence-corrected chi connectivity index (χ1v) is 3.17. The molecule has 0 spiro atoms. The van der Waals surface area contributed by atoms with E-state index in [1.807, 2.05) is 7.05 Å². The van der Waals surface area contributed by atoms with Crippen molar-refractivity contribution in [2.75, 3.05) is 26.8 Å². The molecule has 3 nitrogen and oxygen atoms in total. The zero-order chi connectivity index (χ0) is 7.11. The highest BCUT2D eigenvalue weighted by atomic mass is 16.5. The van der Waals surface area contributed by atoms with Gasteiger partial charge in [0, 0.05) is 6.54 Å². The molecule has 0 aromatic rings. The van der Waals surface area contributed by atoms with Gasteiger partial charge in [0.15, 0.2) is 0 Å². The van der Waals surface area contributed by atoms with Crippen molar-refractivity contribution in [1.29, 1.82) is 0 Å². The fourth-order valence-electron chi connectivity index (χ4n) is 0.428. The molecule has 0 bridgehead atoms. The molecule has 0 amide bonds. The van der Waals surface area contributed by atoms with Gasteiger partial charge in [-0.3, -0.25) is 0 Å². The Bertz CT molecular complexity index is 57.0. The summed E-state index contributed by atoms with van der Waals surface area (Å²) in [5.41, 5.74) is 0. The molecule has 0 aliphatic heterocycles. The quantitative estimate of drug-likeness (QED) is 0.501. The minimum atomic E-state index is -0.346. The van der Waals surface area contributed by atoms with E-state index >= 15 is 0 Å². The van der Waals surface area contributed by atoms with E-state index in [-0.39, 0.29) is 6.10 Å². The van der Waals surface area contributed by atoms with Crippen LogP contribution in [0, 0.1) is 0 Å². The van der Waals surface area contributed by atoms with E-state index < -0.39 is 0 Å². The molecule has 1 atom stereocenters. The Balaban J connectivity index is 2.75. The van der Waals surface area contributed by atoms with E-state index in [9.17, 15) is 0 Å². The molecule has 0 fully saturated rings. The summed E-state index contributed by atoms with van der Waals surface area (Å²) in [4.78, 5) is 0. The second-order valence-electron chi connectivity index (χ2n) is 2.03. The highest BCUT2D eigenvalue weighted by Gasteiger charge is 1.92. The van der Waals surface area contributed by atoms with Gasteiger partial charge in [-0.25, -0.2) is 0 Å². The molecule has 0 aromatic heterocycles. The Morgan fingerprint density at radius 1 is 1.67 bits per heavy atom. The van der Waals surface area contributed by atoms with Gasteiger partial charge in [0.1, 0.15) is 0 Å². The fraction of sp³-hybridized carbons (Fsp3) is 1.00. The van der Waals surface area contributed by atoms with Crippen LogP contribution in [0.1, 0.15) is 6.92 Å². The van der Waals surface area contributed by atoms with Crippen LogP contribution < -0.4 is 5.32 Å². The van der Waals surface area contributed by atoms with Crippen LogP contribution in [0.15, 0.2) is 0 Å². The number of ether oxygens (including phenoxy) is 1. The molecule has 0 rings (SSSR count). The minimum Gasteiger partial charge on any atom is -0.391 e. The number of hydrogen-bond donors (Lipinski definition) is 2. The second kappa shape index (κ2) is 6.01. The van der Waals surface area contributed by atoms with E-state index in [0.717, 1.165) is 6.54 Å². The minimum absolute atomic E-state index is 0.346. The van der Waals surface area contributed by atoms with Gasteiger partial charge < -0.3 is 15.2 Å². The third-order valence-corrected chi connectivity index (χ3v) is 0.855. The van der Waals surface area contributed by atoms with Crippen LogP contribution in [0.2, 0.25) is 0 Å². The molecule has 0 saturated heterocycles. The molecule has 0 aliphatic rings. The molecule has 0 saturated carbocycles. The number of aliphatic hydroxyl groups is 1. The smallest absolute Gasteiger partial charge is 0.0745 e. The topological polar surface area (TPSA) is 41.5 Å². The van der Waals surface area contributed by atoms with Gasteiger partial charge in [-0.2, -0.15) is 0 Å². The van der Waals surface area contributed by atoms with Crippen molar-refractivity contribution in [1.82, 2.24) is 5.32 Å². The predicted molar refractivity (Wildman–Crippen MR) is 36.4 cm³/mol. The number of hydrogen-bond acceptors (Lipinski definition) is 3. The lowest BCUT2D eigenvalue weighted by atomic mass is 10.4. The molecule has 0 unspecified atom stereocenters. The van der Waals surface area contributed by atoms with Crippen molar-refractivity contribution < 1.29 is 9.84 Å². The maximum Gasteiger partial charge on any atom is 0.0745 e. The number of aliphatic hydroxyl groups excluding tert-OH is 1. The van der Waals surface area contributed by atoms with Gasteiger partial charge >= 0.3 is 0 Å². The van der Waals surface area contributed by atoms with E-state index in [2.05, 4.69) is 5.32 Å². The zero-order valence-electron chi connectivity index (χ0n) is 6.05. The summed E-state index contributed by atoms with van der Waals surface area (Å²) in [5.74, 6) is 0. The Labute approximate surface area is 56.0 Å².